The van der Waals surface area contributed by atoms with E-state index >= 15 is 0 Å². The van der Waals surface area contributed by atoms with Gasteiger partial charge in [-0.2, -0.15) is 0 Å². The quantitative estimate of drug-likeness (QED) is 0.243. The Balaban J connectivity index is 1.13. The van der Waals surface area contributed by atoms with E-state index in [1.54, 1.807) is 39.8 Å². The Kier molecular flexibility index (Phi) is 6.66. The SMILES string of the molecule is CC1(C)S[C@@H]2[C@H](N3C(=O)C(c4ccc(O)cc4)NC3(C)C)C(=O)N2[C@H]1C(=O)OCOC(=O)[C@@H]1N2C(=O)C[C@H]2S(=O)(=O)C1(C)C. The third-order valence-corrected chi connectivity index (χ3v) is 13.7. The van der Waals surface area contributed by atoms with Crippen molar-refractivity contribution in [3.8, 4) is 5.75 Å². The number of phenolic OH excluding ortho intramolecular Hbond substituents is 1. The average Bonchev–Trinajstić information content (AvgIpc) is 3.36. The first kappa shape index (κ1) is 30.6. The summed E-state index contributed by atoms with van der Waals surface area (Å²) in [5, 5.41) is 11.3. The number of carbonyl (C=O) groups is 5. The second-order valence-corrected chi connectivity index (χ2v) is 17.7. The lowest BCUT2D eigenvalue weighted by atomic mass is 9.94. The maximum atomic E-state index is 13.6. The number of benzene rings is 1. The molecule has 0 saturated carbocycles. The first-order chi connectivity index (χ1) is 20.3. The van der Waals surface area contributed by atoms with E-state index in [4.69, 9.17) is 9.47 Å². The molecule has 0 aliphatic carbocycles. The van der Waals surface area contributed by atoms with Crippen LogP contribution in [0.15, 0.2) is 24.3 Å². The van der Waals surface area contributed by atoms with Crippen LogP contribution in [-0.2, 0) is 43.3 Å². The number of hydrogen-bond acceptors (Lipinski definition) is 12. The van der Waals surface area contributed by atoms with Crippen molar-refractivity contribution in [1.82, 2.24) is 20.0 Å². The van der Waals surface area contributed by atoms with Crippen LogP contribution < -0.4 is 5.32 Å². The summed E-state index contributed by atoms with van der Waals surface area (Å²) in [7, 11) is -3.81. The van der Waals surface area contributed by atoms with Gasteiger partial charge in [-0.05, 0) is 59.2 Å². The molecule has 16 heteroatoms. The molecule has 5 heterocycles. The molecule has 0 aromatic heterocycles. The Hall–Kier alpha value is -3.37. The molecule has 0 spiro atoms. The van der Waals surface area contributed by atoms with Crippen LogP contribution >= 0.6 is 11.8 Å². The van der Waals surface area contributed by atoms with Crippen LogP contribution in [0.2, 0.25) is 0 Å². The molecule has 44 heavy (non-hydrogen) atoms. The second kappa shape index (κ2) is 9.57. The number of ether oxygens (including phenoxy) is 2. The number of rotatable bonds is 6. The number of phenols is 1. The number of β-lactam (4-membered cyclic amide) rings is 2. The summed E-state index contributed by atoms with van der Waals surface area (Å²) in [5.74, 6) is -2.99. The minimum absolute atomic E-state index is 0.0626. The number of nitrogens with zero attached hydrogens (tertiary/aromatic N) is 3. The Labute approximate surface area is 258 Å². The molecule has 1 aromatic rings. The molecule has 1 unspecified atom stereocenters. The van der Waals surface area contributed by atoms with Crippen LogP contribution in [0, 0.1) is 0 Å². The standard InChI is InChI=1S/C28H34N4O10S2/c1-26(2)19(24(37)41-12-42-25(38)20-27(3,4)44(39,40)16-11-15(34)30(16)20)31-22(36)18(23(31)43-26)32-21(35)17(29-28(32,5)6)13-7-9-14(33)10-8-13/h7-10,16-20,23,29,33H,11-12H2,1-6H3/t16-,17?,18-,19+,20+,23-/m1/s1. The van der Waals surface area contributed by atoms with Gasteiger partial charge in [-0.1, -0.05) is 12.1 Å². The van der Waals surface area contributed by atoms with Crippen molar-refractivity contribution < 1.29 is 47.0 Å². The number of fused-ring (bicyclic) bond motifs is 2. The normalized spacial score (nSPS) is 33.8. The van der Waals surface area contributed by atoms with Crippen molar-refractivity contribution in [2.45, 2.75) is 98.0 Å². The minimum Gasteiger partial charge on any atom is -0.508 e. The molecule has 3 amide bonds. The predicted octanol–water partition coefficient (Wildman–Crippen LogP) is 0.210. The number of sulfone groups is 1. The lowest BCUT2D eigenvalue weighted by Crippen LogP contribution is -2.73. The first-order valence-corrected chi connectivity index (χ1v) is 16.5. The van der Waals surface area contributed by atoms with Crippen LogP contribution in [-0.4, -0.2) is 109 Å². The third kappa shape index (κ3) is 4.09. The molecule has 0 radical (unpaired) electrons. The monoisotopic (exact) mass is 650 g/mol. The lowest BCUT2D eigenvalue weighted by Gasteiger charge is -2.50. The molecular weight excluding hydrogens is 616 g/mol. The Morgan fingerprint density at radius 2 is 1.55 bits per heavy atom. The fourth-order valence-corrected chi connectivity index (χ4v) is 10.8. The predicted molar refractivity (Wildman–Crippen MR) is 154 cm³/mol. The molecule has 1 aromatic carbocycles. The zero-order valence-electron chi connectivity index (χ0n) is 25.0. The van der Waals surface area contributed by atoms with Crippen molar-refractivity contribution in [1.29, 1.82) is 0 Å². The molecule has 5 aliphatic heterocycles. The van der Waals surface area contributed by atoms with Crippen molar-refractivity contribution in [3.63, 3.8) is 0 Å². The highest BCUT2D eigenvalue weighted by atomic mass is 32.2. The van der Waals surface area contributed by atoms with Crippen molar-refractivity contribution in [2.75, 3.05) is 6.79 Å². The van der Waals surface area contributed by atoms with Crippen molar-refractivity contribution >= 4 is 51.3 Å². The number of thioether (sulfide) groups is 1. The van der Waals surface area contributed by atoms with E-state index in [-0.39, 0.29) is 18.1 Å². The lowest BCUT2D eigenvalue weighted by molar-refractivity contribution is -0.183. The van der Waals surface area contributed by atoms with Gasteiger partial charge in [0, 0.05) is 4.75 Å². The van der Waals surface area contributed by atoms with Gasteiger partial charge in [0.2, 0.25) is 24.5 Å². The number of carbonyl (C=O) groups excluding carboxylic acids is 5. The van der Waals surface area contributed by atoms with Gasteiger partial charge >= 0.3 is 11.9 Å². The highest BCUT2D eigenvalue weighted by Crippen LogP contribution is 2.54. The van der Waals surface area contributed by atoms with E-state index in [1.165, 1.54) is 47.5 Å². The van der Waals surface area contributed by atoms with Gasteiger partial charge in [0.25, 0.3) is 0 Å². The van der Waals surface area contributed by atoms with E-state index in [0.29, 0.717) is 5.56 Å². The molecule has 2 N–H and O–H groups in total. The van der Waals surface area contributed by atoms with E-state index in [1.807, 2.05) is 0 Å². The maximum Gasteiger partial charge on any atom is 0.333 e. The second-order valence-electron chi connectivity index (χ2n) is 13.2. The molecule has 5 aliphatic rings. The summed E-state index contributed by atoms with van der Waals surface area (Å²) in [5.41, 5.74) is -0.267. The average molecular weight is 651 g/mol. The summed E-state index contributed by atoms with van der Waals surface area (Å²) in [6.07, 6.45) is -0.196. The molecule has 5 saturated heterocycles. The number of amides is 3. The maximum absolute atomic E-state index is 13.6. The third-order valence-electron chi connectivity index (χ3n) is 9.33. The zero-order chi connectivity index (χ0) is 32.3. The van der Waals surface area contributed by atoms with Crippen molar-refractivity contribution in [3.05, 3.63) is 29.8 Å². The zero-order valence-corrected chi connectivity index (χ0v) is 26.6. The number of esters is 2. The smallest absolute Gasteiger partial charge is 0.333 e. The van der Waals surface area contributed by atoms with Crippen LogP contribution in [0.5, 0.6) is 5.75 Å². The Morgan fingerprint density at radius 1 is 0.955 bits per heavy atom. The fraction of sp³-hybridized carbons (Fsp3) is 0.607. The van der Waals surface area contributed by atoms with Gasteiger partial charge in [0.05, 0.1) is 16.8 Å². The molecule has 6 atom stereocenters. The molecule has 14 nitrogen and oxygen atoms in total. The highest BCUT2D eigenvalue weighted by Gasteiger charge is 2.70. The molecular formula is C28H34N4O10S2. The Bertz CT molecular complexity index is 1590. The number of nitrogens with one attached hydrogen (secondary N) is 1. The first-order valence-electron chi connectivity index (χ1n) is 14.1. The minimum atomic E-state index is -3.81. The molecule has 0 bridgehead atoms. The van der Waals surface area contributed by atoms with Gasteiger partial charge < -0.3 is 29.3 Å². The topological polar surface area (TPSA) is 180 Å². The molecule has 238 valence electrons. The van der Waals surface area contributed by atoms with E-state index < -0.39 is 90.5 Å². The summed E-state index contributed by atoms with van der Waals surface area (Å²) in [4.78, 5) is 69.5. The molecule has 5 fully saturated rings. The largest absolute Gasteiger partial charge is 0.508 e. The summed E-state index contributed by atoms with van der Waals surface area (Å²) in [6, 6.07) is 2.23. The summed E-state index contributed by atoms with van der Waals surface area (Å²) in [6.45, 7) is 9.00. The number of aromatic hydroxyl groups is 1. The summed E-state index contributed by atoms with van der Waals surface area (Å²) >= 11 is 1.35. The van der Waals surface area contributed by atoms with Gasteiger partial charge in [0.1, 0.15) is 40.7 Å². The van der Waals surface area contributed by atoms with Crippen molar-refractivity contribution in [2.24, 2.45) is 0 Å². The number of hydrogen-bond donors (Lipinski definition) is 2. The van der Waals surface area contributed by atoms with Gasteiger partial charge in [-0.25, -0.2) is 18.0 Å². The van der Waals surface area contributed by atoms with Crippen LogP contribution in [0.25, 0.3) is 0 Å². The van der Waals surface area contributed by atoms with Gasteiger partial charge in [0.15, 0.2) is 9.84 Å². The van der Waals surface area contributed by atoms with Gasteiger partial charge in [-0.3, -0.25) is 19.7 Å². The Morgan fingerprint density at radius 3 is 2.14 bits per heavy atom. The highest BCUT2D eigenvalue weighted by molar-refractivity contribution is 8.01. The van der Waals surface area contributed by atoms with E-state index in [0.717, 1.165) is 4.90 Å². The summed E-state index contributed by atoms with van der Waals surface area (Å²) < 4.78 is 33.6. The van der Waals surface area contributed by atoms with E-state index in [2.05, 4.69) is 5.32 Å². The fourth-order valence-electron chi connectivity index (χ4n) is 7.00. The van der Waals surface area contributed by atoms with Crippen LogP contribution in [0.4, 0.5) is 0 Å². The molecule has 6 rings (SSSR count). The van der Waals surface area contributed by atoms with Crippen LogP contribution in [0.3, 0.4) is 0 Å². The van der Waals surface area contributed by atoms with E-state index in [9.17, 15) is 37.5 Å². The van der Waals surface area contributed by atoms with Crippen LogP contribution in [0.1, 0.15) is 59.6 Å². The van der Waals surface area contributed by atoms with Gasteiger partial charge in [-0.15, -0.1) is 11.8 Å².